The fourth-order valence-electron chi connectivity index (χ4n) is 2.41. The summed E-state index contributed by atoms with van der Waals surface area (Å²) >= 11 is 0. The lowest BCUT2D eigenvalue weighted by molar-refractivity contribution is 0.131. The Balaban J connectivity index is 1.70. The highest BCUT2D eigenvalue weighted by Crippen LogP contribution is 2.30. The maximum absolute atomic E-state index is 9.36. The first-order valence-corrected chi connectivity index (χ1v) is 6.75. The fourth-order valence-corrected chi connectivity index (χ4v) is 2.41. The molecule has 0 aromatic carbocycles. The van der Waals surface area contributed by atoms with Gasteiger partial charge in [-0.3, -0.25) is 4.90 Å². The van der Waals surface area contributed by atoms with Crippen LogP contribution in [0.5, 0.6) is 0 Å². The molecule has 1 saturated carbocycles. The highest BCUT2D eigenvalue weighted by molar-refractivity contribution is 4.92. The van der Waals surface area contributed by atoms with Gasteiger partial charge in [-0.1, -0.05) is 13.8 Å². The van der Waals surface area contributed by atoms with Crippen molar-refractivity contribution in [2.45, 2.75) is 51.6 Å². The van der Waals surface area contributed by atoms with Gasteiger partial charge in [0.1, 0.15) is 0 Å². The van der Waals surface area contributed by atoms with Gasteiger partial charge in [0.2, 0.25) is 0 Å². The zero-order chi connectivity index (χ0) is 11.6. The Morgan fingerprint density at radius 2 is 2.12 bits per heavy atom. The third-order valence-corrected chi connectivity index (χ3v) is 4.34. The van der Waals surface area contributed by atoms with E-state index in [9.17, 15) is 5.11 Å². The summed E-state index contributed by atoms with van der Waals surface area (Å²) in [6.45, 7) is 8.04. The van der Waals surface area contributed by atoms with Crippen LogP contribution in [0.25, 0.3) is 0 Å². The Hall–Kier alpha value is -0.120. The average Bonchev–Trinajstić information content (AvgIpc) is 3.06. The third kappa shape index (κ3) is 2.96. The molecule has 2 N–H and O–H groups in total. The molecule has 2 unspecified atom stereocenters. The van der Waals surface area contributed by atoms with Crippen LogP contribution in [0, 0.1) is 5.41 Å². The highest BCUT2D eigenvalue weighted by Gasteiger charge is 2.34. The molecule has 0 spiro atoms. The predicted octanol–water partition coefficient (Wildman–Crippen LogP) is 1.22. The van der Waals surface area contributed by atoms with Crippen LogP contribution in [0.15, 0.2) is 0 Å². The molecule has 16 heavy (non-hydrogen) atoms. The lowest BCUT2D eigenvalue weighted by atomic mass is 9.88. The van der Waals surface area contributed by atoms with Crippen LogP contribution < -0.4 is 5.32 Å². The largest absolute Gasteiger partial charge is 0.396 e. The molecule has 0 bridgehead atoms. The predicted molar refractivity (Wildman–Crippen MR) is 66.5 cm³/mol. The maximum atomic E-state index is 9.36. The number of rotatable bonds is 6. The molecule has 94 valence electrons. The summed E-state index contributed by atoms with van der Waals surface area (Å²) in [6, 6.07) is 1.56. The van der Waals surface area contributed by atoms with Crippen molar-refractivity contribution in [3.63, 3.8) is 0 Å². The summed E-state index contributed by atoms with van der Waals surface area (Å²) in [6.07, 6.45) is 5.14. The minimum absolute atomic E-state index is 0.0625. The molecule has 0 amide bonds. The van der Waals surface area contributed by atoms with Crippen molar-refractivity contribution in [2.24, 2.45) is 5.41 Å². The molecule has 1 aliphatic heterocycles. The first kappa shape index (κ1) is 12.3. The smallest absolute Gasteiger partial charge is 0.0496 e. The van der Waals surface area contributed by atoms with E-state index in [2.05, 4.69) is 24.1 Å². The number of aliphatic hydroxyl groups excluding tert-OH is 1. The second-order valence-corrected chi connectivity index (χ2v) is 5.91. The van der Waals surface area contributed by atoms with Crippen molar-refractivity contribution in [1.82, 2.24) is 10.2 Å². The minimum atomic E-state index is 0.0625. The lowest BCUT2D eigenvalue weighted by Crippen LogP contribution is -2.41. The summed E-state index contributed by atoms with van der Waals surface area (Å²) < 4.78 is 0. The maximum Gasteiger partial charge on any atom is 0.0496 e. The SMILES string of the molecule is CCC(C)(CO)CNC1CCN(C2CC2)C1. The topological polar surface area (TPSA) is 35.5 Å². The summed E-state index contributed by atoms with van der Waals surface area (Å²) in [4.78, 5) is 2.62. The summed E-state index contributed by atoms with van der Waals surface area (Å²) in [5, 5.41) is 13.0. The van der Waals surface area contributed by atoms with Gasteiger partial charge in [0.05, 0.1) is 0 Å². The van der Waals surface area contributed by atoms with E-state index in [1.54, 1.807) is 0 Å². The van der Waals surface area contributed by atoms with E-state index in [1.165, 1.54) is 32.4 Å². The fraction of sp³-hybridized carbons (Fsp3) is 1.00. The Labute approximate surface area is 99.2 Å². The van der Waals surface area contributed by atoms with Gasteiger partial charge in [-0.05, 0) is 25.7 Å². The quantitative estimate of drug-likeness (QED) is 0.715. The van der Waals surface area contributed by atoms with Crippen LogP contribution >= 0.6 is 0 Å². The summed E-state index contributed by atoms with van der Waals surface area (Å²) in [5.74, 6) is 0. The number of hydrogen-bond donors (Lipinski definition) is 2. The Kier molecular flexibility index (Phi) is 3.88. The second kappa shape index (κ2) is 5.03. The Morgan fingerprint density at radius 1 is 1.38 bits per heavy atom. The molecule has 1 saturated heterocycles. The van der Waals surface area contributed by atoms with Gasteiger partial charge in [-0.2, -0.15) is 0 Å². The zero-order valence-corrected chi connectivity index (χ0v) is 10.7. The van der Waals surface area contributed by atoms with Gasteiger partial charge in [-0.25, -0.2) is 0 Å². The molecule has 2 atom stereocenters. The van der Waals surface area contributed by atoms with Gasteiger partial charge in [0.15, 0.2) is 0 Å². The third-order valence-electron chi connectivity index (χ3n) is 4.34. The molecule has 0 radical (unpaired) electrons. The molecule has 3 nitrogen and oxygen atoms in total. The van der Waals surface area contributed by atoms with Crippen LogP contribution in [-0.2, 0) is 0 Å². The van der Waals surface area contributed by atoms with E-state index in [0.717, 1.165) is 19.0 Å². The molecule has 2 rings (SSSR count). The van der Waals surface area contributed by atoms with Crippen LogP contribution in [0.4, 0.5) is 0 Å². The van der Waals surface area contributed by atoms with Gasteiger partial charge in [0, 0.05) is 43.7 Å². The number of aliphatic hydroxyl groups is 1. The van der Waals surface area contributed by atoms with Crippen LogP contribution in [0.1, 0.15) is 39.5 Å². The van der Waals surface area contributed by atoms with Crippen molar-refractivity contribution in [3.05, 3.63) is 0 Å². The number of nitrogens with one attached hydrogen (secondary N) is 1. The monoisotopic (exact) mass is 226 g/mol. The van der Waals surface area contributed by atoms with Crippen molar-refractivity contribution in [2.75, 3.05) is 26.2 Å². The van der Waals surface area contributed by atoms with Crippen LogP contribution in [0.3, 0.4) is 0 Å². The second-order valence-electron chi connectivity index (χ2n) is 5.91. The molecule has 0 aromatic heterocycles. The number of hydrogen-bond acceptors (Lipinski definition) is 3. The first-order valence-electron chi connectivity index (χ1n) is 6.75. The molecular formula is C13H26N2O. The molecule has 1 heterocycles. The van der Waals surface area contributed by atoms with Gasteiger partial charge >= 0.3 is 0 Å². The molecular weight excluding hydrogens is 200 g/mol. The van der Waals surface area contributed by atoms with Crippen molar-refractivity contribution in [3.8, 4) is 0 Å². The standard InChI is InChI=1S/C13H26N2O/c1-3-13(2,10-16)9-14-11-6-7-15(8-11)12-4-5-12/h11-12,14,16H,3-10H2,1-2H3. The van der Waals surface area contributed by atoms with E-state index >= 15 is 0 Å². The summed E-state index contributed by atoms with van der Waals surface area (Å²) in [5.41, 5.74) is 0.0625. The zero-order valence-electron chi connectivity index (χ0n) is 10.7. The van der Waals surface area contributed by atoms with Crippen molar-refractivity contribution >= 4 is 0 Å². The van der Waals surface area contributed by atoms with Gasteiger partial charge in [0.25, 0.3) is 0 Å². The van der Waals surface area contributed by atoms with Crippen molar-refractivity contribution < 1.29 is 5.11 Å². The molecule has 2 aliphatic rings. The Morgan fingerprint density at radius 3 is 2.69 bits per heavy atom. The molecule has 3 heteroatoms. The highest BCUT2D eigenvalue weighted by atomic mass is 16.3. The van der Waals surface area contributed by atoms with E-state index in [4.69, 9.17) is 0 Å². The van der Waals surface area contributed by atoms with Crippen LogP contribution in [0.2, 0.25) is 0 Å². The lowest BCUT2D eigenvalue weighted by Gasteiger charge is -2.28. The minimum Gasteiger partial charge on any atom is -0.396 e. The van der Waals surface area contributed by atoms with E-state index in [-0.39, 0.29) is 12.0 Å². The van der Waals surface area contributed by atoms with E-state index < -0.39 is 0 Å². The van der Waals surface area contributed by atoms with Crippen LogP contribution in [-0.4, -0.2) is 48.3 Å². The normalized spacial score (nSPS) is 30.6. The van der Waals surface area contributed by atoms with Gasteiger partial charge in [-0.15, -0.1) is 0 Å². The number of nitrogens with zero attached hydrogens (tertiary/aromatic N) is 1. The Bertz CT molecular complexity index is 224. The number of likely N-dealkylation sites (tertiary alicyclic amines) is 1. The average molecular weight is 226 g/mol. The van der Waals surface area contributed by atoms with E-state index in [1.807, 2.05) is 0 Å². The van der Waals surface area contributed by atoms with Crippen molar-refractivity contribution in [1.29, 1.82) is 0 Å². The molecule has 1 aliphatic carbocycles. The summed E-state index contributed by atoms with van der Waals surface area (Å²) in [7, 11) is 0. The van der Waals surface area contributed by atoms with E-state index in [0.29, 0.717) is 6.04 Å². The molecule has 2 fully saturated rings. The van der Waals surface area contributed by atoms with Gasteiger partial charge < -0.3 is 10.4 Å². The molecule has 0 aromatic rings. The first-order chi connectivity index (χ1) is 7.67.